The van der Waals surface area contributed by atoms with Crippen molar-refractivity contribution >= 4 is 11.7 Å². The Labute approximate surface area is 108 Å². The lowest BCUT2D eigenvalue weighted by Gasteiger charge is -2.23. The summed E-state index contributed by atoms with van der Waals surface area (Å²) in [6.45, 7) is 0.565. The maximum absolute atomic E-state index is 13.0. The van der Waals surface area contributed by atoms with Crippen molar-refractivity contribution in [2.75, 3.05) is 18.5 Å². The first-order valence-electron chi connectivity index (χ1n) is 5.94. The van der Waals surface area contributed by atoms with Crippen molar-refractivity contribution in [1.29, 1.82) is 0 Å². The molecule has 1 aromatic rings. The third-order valence-corrected chi connectivity index (χ3v) is 3.19. The lowest BCUT2D eigenvalue weighted by molar-refractivity contribution is -0.137. The Morgan fingerprint density at radius 3 is 2.53 bits per heavy atom. The van der Waals surface area contributed by atoms with Crippen molar-refractivity contribution in [3.8, 4) is 0 Å². The van der Waals surface area contributed by atoms with Gasteiger partial charge in [-0.15, -0.1) is 0 Å². The maximum atomic E-state index is 13.0. The van der Waals surface area contributed by atoms with Crippen LogP contribution in [-0.2, 0) is 6.18 Å². The van der Waals surface area contributed by atoms with Gasteiger partial charge in [-0.2, -0.15) is 13.2 Å². The summed E-state index contributed by atoms with van der Waals surface area (Å²) < 4.78 is 39.0. The monoisotopic (exact) mass is 273 g/mol. The predicted octanol–water partition coefficient (Wildman–Crippen LogP) is 3.25. The molecule has 2 rings (SSSR count). The van der Waals surface area contributed by atoms with Crippen LogP contribution < -0.4 is 4.90 Å². The Morgan fingerprint density at radius 1 is 1.42 bits per heavy atom. The average Bonchev–Trinajstić information content (AvgIpc) is 3.10. The highest BCUT2D eigenvalue weighted by atomic mass is 19.4. The third kappa shape index (κ3) is 3.19. The zero-order chi connectivity index (χ0) is 14.2. The molecule has 0 spiro atoms. The molecule has 1 fully saturated rings. The van der Waals surface area contributed by atoms with E-state index in [1.807, 2.05) is 0 Å². The van der Waals surface area contributed by atoms with Gasteiger partial charge in [0.1, 0.15) is 0 Å². The third-order valence-electron chi connectivity index (χ3n) is 3.19. The number of rotatable bonds is 4. The molecule has 0 amide bonds. The topological polar surface area (TPSA) is 40.5 Å². The lowest BCUT2D eigenvalue weighted by atomic mass is 10.1. The highest BCUT2D eigenvalue weighted by Gasteiger charge is 2.36. The molecule has 1 saturated carbocycles. The number of hydrogen-bond donors (Lipinski definition) is 1. The van der Waals surface area contributed by atoms with Gasteiger partial charge in [-0.1, -0.05) is 0 Å². The Bertz CT molecular complexity index is 495. The molecule has 0 saturated heterocycles. The van der Waals surface area contributed by atoms with E-state index < -0.39 is 17.7 Å². The summed E-state index contributed by atoms with van der Waals surface area (Å²) in [6, 6.07) is 3.13. The summed E-state index contributed by atoms with van der Waals surface area (Å²) in [4.78, 5) is 12.3. The van der Waals surface area contributed by atoms with Gasteiger partial charge >= 0.3 is 12.1 Å². The van der Waals surface area contributed by atoms with Crippen LogP contribution in [0.4, 0.5) is 18.9 Å². The molecule has 19 heavy (non-hydrogen) atoms. The standard InChI is InChI=1S/C13H14F3NO2/c1-17(7-8-2-3-8)11-5-4-9(12(18)19)6-10(11)13(14,15)16/h4-6,8H,2-3,7H2,1H3,(H,18,19). The number of benzene rings is 1. The summed E-state index contributed by atoms with van der Waals surface area (Å²) in [6.07, 6.45) is -2.48. The number of aromatic carboxylic acids is 1. The molecule has 1 N–H and O–H groups in total. The average molecular weight is 273 g/mol. The van der Waals surface area contributed by atoms with Gasteiger partial charge in [0, 0.05) is 19.3 Å². The van der Waals surface area contributed by atoms with Crippen LogP contribution in [-0.4, -0.2) is 24.7 Å². The Morgan fingerprint density at radius 2 is 2.05 bits per heavy atom. The summed E-state index contributed by atoms with van der Waals surface area (Å²) in [5.41, 5.74) is -1.21. The number of alkyl halides is 3. The maximum Gasteiger partial charge on any atom is 0.418 e. The molecular weight excluding hydrogens is 259 g/mol. The van der Waals surface area contributed by atoms with Gasteiger partial charge in [0.25, 0.3) is 0 Å². The van der Waals surface area contributed by atoms with Gasteiger partial charge in [-0.25, -0.2) is 4.79 Å². The molecule has 0 unspecified atom stereocenters. The Hall–Kier alpha value is -1.72. The minimum atomic E-state index is -4.56. The van der Waals surface area contributed by atoms with Crippen molar-refractivity contribution in [2.24, 2.45) is 5.92 Å². The molecule has 0 atom stereocenters. The Balaban J connectivity index is 2.37. The first kappa shape index (κ1) is 13.7. The molecule has 104 valence electrons. The van der Waals surface area contributed by atoms with E-state index in [0.29, 0.717) is 18.5 Å². The molecule has 3 nitrogen and oxygen atoms in total. The fraction of sp³-hybridized carbons (Fsp3) is 0.462. The van der Waals surface area contributed by atoms with Crippen LogP contribution in [0.3, 0.4) is 0 Å². The van der Waals surface area contributed by atoms with Gasteiger partial charge in [0.05, 0.1) is 11.1 Å². The minimum Gasteiger partial charge on any atom is -0.478 e. The number of anilines is 1. The van der Waals surface area contributed by atoms with E-state index in [1.165, 1.54) is 12.1 Å². The lowest BCUT2D eigenvalue weighted by Crippen LogP contribution is -2.24. The number of carboxylic acids is 1. The van der Waals surface area contributed by atoms with Crippen LogP contribution >= 0.6 is 0 Å². The summed E-state index contributed by atoms with van der Waals surface area (Å²) in [5, 5.41) is 8.78. The Kier molecular flexibility index (Phi) is 3.43. The highest BCUT2D eigenvalue weighted by molar-refractivity contribution is 5.88. The summed E-state index contributed by atoms with van der Waals surface area (Å²) in [7, 11) is 1.60. The zero-order valence-corrected chi connectivity index (χ0v) is 10.4. The molecule has 1 aliphatic rings. The molecular formula is C13H14F3NO2. The van der Waals surface area contributed by atoms with E-state index in [4.69, 9.17) is 5.11 Å². The first-order valence-corrected chi connectivity index (χ1v) is 5.94. The van der Waals surface area contributed by atoms with Gasteiger partial charge in [-0.05, 0) is 37.0 Å². The van der Waals surface area contributed by atoms with Crippen molar-refractivity contribution in [3.63, 3.8) is 0 Å². The molecule has 0 bridgehead atoms. The molecule has 1 aliphatic carbocycles. The number of nitrogens with zero attached hydrogens (tertiary/aromatic N) is 1. The van der Waals surface area contributed by atoms with Crippen LogP contribution in [0.25, 0.3) is 0 Å². The number of halogens is 3. The molecule has 0 aliphatic heterocycles. The van der Waals surface area contributed by atoms with E-state index in [0.717, 1.165) is 12.8 Å². The van der Waals surface area contributed by atoms with E-state index in [-0.39, 0.29) is 11.3 Å². The fourth-order valence-electron chi connectivity index (χ4n) is 2.02. The van der Waals surface area contributed by atoms with Gasteiger partial charge in [0.15, 0.2) is 0 Å². The molecule has 0 heterocycles. The van der Waals surface area contributed by atoms with Crippen LogP contribution in [0.5, 0.6) is 0 Å². The van der Waals surface area contributed by atoms with Crippen molar-refractivity contribution in [2.45, 2.75) is 19.0 Å². The van der Waals surface area contributed by atoms with Gasteiger partial charge < -0.3 is 10.0 Å². The smallest absolute Gasteiger partial charge is 0.418 e. The summed E-state index contributed by atoms with van der Waals surface area (Å²) >= 11 is 0. The van der Waals surface area contributed by atoms with Gasteiger partial charge in [0.2, 0.25) is 0 Å². The van der Waals surface area contributed by atoms with Crippen LogP contribution in [0.2, 0.25) is 0 Å². The van der Waals surface area contributed by atoms with Crippen LogP contribution in [0, 0.1) is 5.92 Å². The number of carboxylic acid groups (broad SMARTS) is 1. The number of hydrogen-bond acceptors (Lipinski definition) is 2. The van der Waals surface area contributed by atoms with E-state index in [1.54, 1.807) is 11.9 Å². The van der Waals surface area contributed by atoms with Crippen LogP contribution in [0.1, 0.15) is 28.8 Å². The number of carbonyl (C=O) groups is 1. The second kappa shape index (κ2) is 4.75. The predicted molar refractivity (Wildman–Crippen MR) is 64.4 cm³/mol. The largest absolute Gasteiger partial charge is 0.478 e. The van der Waals surface area contributed by atoms with Gasteiger partial charge in [-0.3, -0.25) is 0 Å². The normalized spacial score (nSPS) is 15.4. The van der Waals surface area contributed by atoms with Crippen LogP contribution in [0.15, 0.2) is 18.2 Å². The van der Waals surface area contributed by atoms with E-state index in [2.05, 4.69) is 0 Å². The SMILES string of the molecule is CN(CC1CC1)c1ccc(C(=O)O)cc1C(F)(F)F. The fourth-order valence-corrected chi connectivity index (χ4v) is 2.02. The second-order valence-electron chi connectivity index (χ2n) is 4.86. The highest BCUT2D eigenvalue weighted by Crippen LogP contribution is 2.38. The van der Waals surface area contributed by atoms with Crippen molar-refractivity contribution in [1.82, 2.24) is 0 Å². The van der Waals surface area contributed by atoms with Crippen molar-refractivity contribution in [3.05, 3.63) is 29.3 Å². The minimum absolute atomic E-state index is 0.0319. The molecule has 1 aromatic carbocycles. The molecule has 0 aromatic heterocycles. The zero-order valence-electron chi connectivity index (χ0n) is 10.4. The van der Waals surface area contributed by atoms with Crippen molar-refractivity contribution < 1.29 is 23.1 Å². The molecule has 6 heteroatoms. The first-order chi connectivity index (χ1) is 8.79. The quantitative estimate of drug-likeness (QED) is 0.915. The van der Waals surface area contributed by atoms with E-state index >= 15 is 0 Å². The summed E-state index contributed by atoms with van der Waals surface area (Å²) in [5.74, 6) is -0.910. The molecule has 0 radical (unpaired) electrons. The van der Waals surface area contributed by atoms with E-state index in [9.17, 15) is 18.0 Å². The second-order valence-corrected chi connectivity index (χ2v) is 4.86.